The van der Waals surface area contributed by atoms with Crippen LogP contribution >= 0.6 is 11.6 Å². The molecule has 0 atom stereocenters. The number of rotatable bonds is 5. The molecule has 7 heteroatoms. The van der Waals surface area contributed by atoms with E-state index < -0.39 is 17.6 Å². The highest BCUT2D eigenvalue weighted by Crippen LogP contribution is 2.26. The normalized spacial score (nSPS) is 10.5. The molecule has 108 valence electrons. The van der Waals surface area contributed by atoms with Gasteiger partial charge in [-0.25, -0.2) is 9.37 Å². The molecule has 1 N–H and O–H groups in total. The highest BCUT2D eigenvalue weighted by molar-refractivity contribution is 6.31. The topological polar surface area (TPSA) is 76.1 Å². The van der Waals surface area contributed by atoms with Gasteiger partial charge in [0, 0.05) is 18.7 Å². The molecular formula is C13H14ClFN2O3. The minimum absolute atomic E-state index is 0.00380. The van der Waals surface area contributed by atoms with Crippen LogP contribution in [0.4, 0.5) is 10.2 Å². The van der Waals surface area contributed by atoms with Crippen molar-refractivity contribution in [3.05, 3.63) is 22.6 Å². The van der Waals surface area contributed by atoms with Crippen molar-refractivity contribution in [2.24, 2.45) is 5.92 Å². The molecule has 0 spiro atoms. The van der Waals surface area contributed by atoms with Crippen LogP contribution in [0.15, 0.2) is 6.20 Å². The van der Waals surface area contributed by atoms with Gasteiger partial charge >= 0.3 is 0 Å². The van der Waals surface area contributed by atoms with Crippen molar-refractivity contribution < 1.29 is 18.8 Å². The Morgan fingerprint density at radius 3 is 2.30 bits per heavy atom. The molecule has 0 saturated carbocycles. The molecule has 0 aliphatic carbocycles. The SMILES string of the molecule is CC(=O)Nc1ncc(Cl)c(CC(C(C)=O)C(C)=O)c1F. The van der Waals surface area contributed by atoms with E-state index in [0.717, 1.165) is 0 Å². The van der Waals surface area contributed by atoms with Crippen LogP contribution in [0.2, 0.25) is 5.02 Å². The zero-order valence-corrected chi connectivity index (χ0v) is 12.0. The van der Waals surface area contributed by atoms with E-state index in [4.69, 9.17) is 11.6 Å². The van der Waals surface area contributed by atoms with E-state index >= 15 is 0 Å². The Morgan fingerprint density at radius 1 is 1.30 bits per heavy atom. The summed E-state index contributed by atoms with van der Waals surface area (Å²) in [4.78, 5) is 37.4. The minimum Gasteiger partial charge on any atom is -0.308 e. The molecule has 1 aromatic rings. The summed E-state index contributed by atoms with van der Waals surface area (Å²) in [7, 11) is 0. The first-order chi connectivity index (χ1) is 9.23. The number of nitrogens with zero attached hydrogens (tertiary/aromatic N) is 1. The summed E-state index contributed by atoms with van der Waals surface area (Å²) in [5.41, 5.74) is -0.0131. The van der Waals surface area contributed by atoms with E-state index in [1.165, 1.54) is 27.0 Å². The second kappa shape index (κ2) is 6.56. The average Bonchev–Trinajstić information content (AvgIpc) is 2.31. The van der Waals surface area contributed by atoms with E-state index in [2.05, 4.69) is 10.3 Å². The number of carbonyl (C=O) groups excluding carboxylic acids is 3. The maximum absolute atomic E-state index is 14.2. The van der Waals surface area contributed by atoms with E-state index in [0.29, 0.717) is 0 Å². The Hall–Kier alpha value is -1.82. The van der Waals surface area contributed by atoms with Gasteiger partial charge < -0.3 is 5.32 Å². The summed E-state index contributed by atoms with van der Waals surface area (Å²) < 4.78 is 14.2. The summed E-state index contributed by atoms with van der Waals surface area (Å²) in [6, 6.07) is 0. The number of nitrogens with one attached hydrogen (secondary N) is 1. The first-order valence-corrected chi connectivity index (χ1v) is 6.23. The van der Waals surface area contributed by atoms with Crippen molar-refractivity contribution in [3.8, 4) is 0 Å². The summed E-state index contributed by atoms with van der Waals surface area (Å²) in [6.45, 7) is 3.73. The lowest BCUT2D eigenvalue weighted by Gasteiger charge is -2.14. The van der Waals surface area contributed by atoms with Gasteiger partial charge in [0.2, 0.25) is 5.91 Å². The van der Waals surface area contributed by atoms with Gasteiger partial charge in [-0.2, -0.15) is 0 Å². The van der Waals surface area contributed by atoms with Crippen molar-refractivity contribution >= 4 is 34.9 Å². The summed E-state index contributed by atoms with van der Waals surface area (Å²) in [5.74, 6) is -3.30. The number of pyridine rings is 1. The Morgan fingerprint density at radius 2 is 1.85 bits per heavy atom. The smallest absolute Gasteiger partial charge is 0.222 e. The van der Waals surface area contributed by atoms with Gasteiger partial charge in [0.15, 0.2) is 11.6 Å². The fourth-order valence-corrected chi connectivity index (χ4v) is 1.93. The summed E-state index contributed by atoms with van der Waals surface area (Å²) in [6.07, 6.45) is 1.01. The van der Waals surface area contributed by atoms with Crippen LogP contribution in [0.1, 0.15) is 26.3 Å². The Bertz CT molecular complexity index is 561. The maximum Gasteiger partial charge on any atom is 0.222 e. The van der Waals surface area contributed by atoms with E-state index in [1.54, 1.807) is 0 Å². The van der Waals surface area contributed by atoms with Crippen LogP contribution in [0.25, 0.3) is 0 Å². The fraction of sp³-hybridized carbons (Fsp3) is 0.385. The predicted molar refractivity (Wildman–Crippen MR) is 72.1 cm³/mol. The lowest BCUT2D eigenvalue weighted by atomic mass is 9.92. The molecule has 1 heterocycles. The zero-order chi connectivity index (χ0) is 15.4. The van der Waals surface area contributed by atoms with Crippen LogP contribution in [-0.4, -0.2) is 22.5 Å². The first-order valence-electron chi connectivity index (χ1n) is 5.85. The van der Waals surface area contributed by atoms with Gasteiger partial charge in [0.1, 0.15) is 11.6 Å². The molecule has 0 fully saturated rings. The number of aromatic nitrogens is 1. The molecular weight excluding hydrogens is 287 g/mol. The molecule has 5 nitrogen and oxygen atoms in total. The first kappa shape index (κ1) is 16.2. The number of anilines is 1. The number of ketones is 2. The average molecular weight is 301 g/mol. The van der Waals surface area contributed by atoms with Crippen LogP contribution in [0.3, 0.4) is 0 Å². The Kier molecular flexibility index (Phi) is 5.33. The highest BCUT2D eigenvalue weighted by atomic mass is 35.5. The van der Waals surface area contributed by atoms with Crippen LogP contribution < -0.4 is 5.32 Å². The van der Waals surface area contributed by atoms with E-state index in [1.807, 2.05) is 0 Å². The molecule has 0 unspecified atom stereocenters. The molecule has 1 rings (SSSR count). The number of carbonyl (C=O) groups is 3. The van der Waals surface area contributed by atoms with Crippen molar-refractivity contribution in [1.29, 1.82) is 0 Å². The fourth-order valence-electron chi connectivity index (χ4n) is 1.72. The molecule has 0 bridgehead atoms. The van der Waals surface area contributed by atoms with E-state index in [-0.39, 0.29) is 34.4 Å². The van der Waals surface area contributed by atoms with Crippen molar-refractivity contribution in [1.82, 2.24) is 4.98 Å². The summed E-state index contributed by atoms with van der Waals surface area (Å²) >= 11 is 5.85. The minimum atomic E-state index is -0.963. The number of Topliss-reactive ketones (excluding diaryl/α,β-unsaturated/α-hetero) is 2. The summed E-state index contributed by atoms with van der Waals surface area (Å²) in [5, 5.41) is 2.22. The monoisotopic (exact) mass is 300 g/mol. The van der Waals surface area contributed by atoms with Crippen LogP contribution in [0, 0.1) is 11.7 Å². The third kappa shape index (κ3) is 3.84. The largest absolute Gasteiger partial charge is 0.308 e. The molecule has 0 saturated heterocycles. The molecule has 1 aromatic heterocycles. The Labute approximate surface area is 120 Å². The number of hydrogen-bond donors (Lipinski definition) is 1. The van der Waals surface area contributed by atoms with Gasteiger partial charge in [-0.3, -0.25) is 14.4 Å². The van der Waals surface area contributed by atoms with Gasteiger partial charge in [-0.1, -0.05) is 11.6 Å². The highest BCUT2D eigenvalue weighted by Gasteiger charge is 2.24. The molecule has 20 heavy (non-hydrogen) atoms. The quantitative estimate of drug-likeness (QED) is 0.846. The third-order valence-corrected chi connectivity index (χ3v) is 3.08. The standard InChI is InChI=1S/C13H14ClFN2O3/c1-6(18)9(7(2)19)4-10-11(14)5-16-13(12(10)15)17-8(3)20/h5,9H,4H2,1-3H3,(H,16,17,20). The van der Waals surface area contributed by atoms with Gasteiger partial charge in [-0.15, -0.1) is 0 Å². The molecule has 0 aliphatic rings. The van der Waals surface area contributed by atoms with Crippen LogP contribution in [0.5, 0.6) is 0 Å². The van der Waals surface area contributed by atoms with Crippen molar-refractivity contribution in [2.75, 3.05) is 5.32 Å². The van der Waals surface area contributed by atoms with E-state index in [9.17, 15) is 18.8 Å². The maximum atomic E-state index is 14.2. The second-order valence-corrected chi connectivity index (χ2v) is 4.81. The molecule has 0 aliphatic heterocycles. The Balaban J connectivity index is 3.19. The van der Waals surface area contributed by atoms with Crippen molar-refractivity contribution in [2.45, 2.75) is 27.2 Å². The lowest BCUT2D eigenvalue weighted by Crippen LogP contribution is -2.23. The van der Waals surface area contributed by atoms with Gasteiger partial charge in [-0.05, 0) is 20.3 Å². The lowest BCUT2D eigenvalue weighted by molar-refractivity contribution is -0.130. The van der Waals surface area contributed by atoms with Crippen molar-refractivity contribution in [3.63, 3.8) is 0 Å². The molecule has 0 radical (unpaired) electrons. The number of halogens is 2. The molecule has 0 aromatic carbocycles. The van der Waals surface area contributed by atoms with Gasteiger partial charge in [0.05, 0.1) is 10.9 Å². The predicted octanol–water partition coefficient (Wildman–Crippen LogP) is 2.17. The zero-order valence-electron chi connectivity index (χ0n) is 11.3. The van der Waals surface area contributed by atoms with Gasteiger partial charge in [0.25, 0.3) is 0 Å². The third-order valence-electron chi connectivity index (χ3n) is 2.75. The molecule has 1 amide bonds. The number of amides is 1. The van der Waals surface area contributed by atoms with Crippen LogP contribution in [-0.2, 0) is 20.8 Å². The second-order valence-electron chi connectivity index (χ2n) is 4.41. The number of hydrogen-bond acceptors (Lipinski definition) is 4.